The molecule has 7 heteroatoms. The third-order valence-corrected chi connectivity index (χ3v) is 7.11. The normalized spacial score (nSPS) is 11.1. The van der Waals surface area contributed by atoms with Crippen molar-refractivity contribution in [1.29, 1.82) is 0 Å². The molecule has 36 heavy (non-hydrogen) atoms. The van der Waals surface area contributed by atoms with E-state index in [9.17, 15) is 13.2 Å². The van der Waals surface area contributed by atoms with Gasteiger partial charge in [0.05, 0.1) is 23.3 Å². The molecule has 0 bridgehead atoms. The number of carbonyl (C=O) groups is 1. The van der Waals surface area contributed by atoms with Crippen LogP contribution in [0.15, 0.2) is 102 Å². The Labute approximate surface area is 211 Å². The number of rotatable bonds is 9. The lowest BCUT2D eigenvalue weighted by Crippen LogP contribution is -2.18. The zero-order chi connectivity index (χ0) is 25.5. The minimum atomic E-state index is -4.04. The van der Waals surface area contributed by atoms with Gasteiger partial charge in [-0.25, -0.2) is 13.2 Å². The summed E-state index contributed by atoms with van der Waals surface area (Å²) in [6.45, 7) is 1.91. The Morgan fingerprint density at radius 1 is 0.833 bits per heavy atom. The lowest BCUT2D eigenvalue weighted by molar-refractivity contribution is 0.0474. The number of benzene rings is 4. The van der Waals surface area contributed by atoms with Crippen molar-refractivity contribution >= 4 is 21.7 Å². The second-order valence-electron chi connectivity index (χ2n) is 8.35. The fraction of sp³-hybridized carbons (Fsp3) is 0.138. The third kappa shape index (κ3) is 6.12. The summed E-state index contributed by atoms with van der Waals surface area (Å²) in [5, 5.41) is 0. The number of sulfonamides is 1. The molecule has 0 unspecified atom stereocenters. The minimum Gasteiger partial charge on any atom is -0.497 e. The average Bonchev–Trinajstić information content (AvgIpc) is 2.88. The summed E-state index contributed by atoms with van der Waals surface area (Å²) >= 11 is 0. The Kier molecular flexibility index (Phi) is 7.71. The number of aryl methyl sites for hydroxylation is 1. The van der Waals surface area contributed by atoms with Gasteiger partial charge in [0.2, 0.25) is 0 Å². The van der Waals surface area contributed by atoms with E-state index in [1.165, 1.54) is 13.2 Å². The average molecular weight is 502 g/mol. The van der Waals surface area contributed by atoms with Crippen molar-refractivity contribution in [3.05, 3.63) is 125 Å². The van der Waals surface area contributed by atoms with E-state index in [2.05, 4.69) is 4.72 Å². The zero-order valence-electron chi connectivity index (χ0n) is 20.1. The van der Waals surface area contributed by atoms with Gasteiger partial charge in [0.1, 0.15) is 12.4 Å². The van der Waals surface area contributed by atoms with Crippen LogP contribution in [-0.2, 0) is 27.8 Å². The smallest absolute Gasteiger partial charge is 0.340 e. The van der Waals surface area contributed by atoms with Crippen molar-refractivity contribution < 1.29 is 22.7 Å². The first-order valence-corrected chi connectivity index (χ1v) is 12.9. The van der Waals surface area contributed by atoms with E-state index in [-0.39, 0.29) is 22.8 Å². The molecule has 184 valence electrons. The van der Waals surface area contributed by atoms with Crippen LogP contribution in [0.4, 0.5) is 5.69 Å². The highest BCUT2D eigenvalue weighted by Crippen LogP contribution is 2.28. The lowest BCUT2D eigenvalue weighted by Gasteiger charge is -2.16. The Morgan fingerprint density at radius 3 is 2.17 bits per heavy atom. The maximum absolute atomic E-state index is 13.6. The molecule has 4 aromatic carbocycles. The van der Waals surface area contributed by atoms with Crippen molar-refractivity contribution in [2.24, 2.45) is 0 Å². The van der Waals surface area contributed by atoms with Gasteiger partial charge in [0.15, 0.2) is 0 Å². The van der Waals surface area contributed by atoms with Crippen LogP contribution >= 0.6 is 0 Å². The quantitative estimate of drug-likeness (QED) is 0.295. The van der Waals surface area contributed by atoms with Crippen molar-refractivity contribution in [3.8, 4) is 5.75 Å². The number of hydrogen-bond acceptors (Lipinski definition) is 5. The van der Waals surface area contributed by atoms with Gasteiger partial charge in [0, 0.05) is 0 Å². The first-order chi connectivity index (χ1) is 17.4. The SMILES string of the molecule is COc1ccc(S(=O)(=O)Nc2cc(C)ccc2C(=O)OCc2ccccc2)c(Cc2ccccc2)c1. The van der Waals surface area contributed by atoms with Crippen molar-refractivity contribution in [2.45, 2.75) is 24.8 Å². The summed E-state index contributed by atoms with van der Waals surface area (Å²) in [6, 6.07) is 28.7. The summed E-state index contributed by atoms with van der Waals surface area (Å²) in [5.41, 5.74) is 3.47. The first kappa shape index (κ1) is 25.0. The third-order valence-electron chi connectivity index (χ3n) is 5.65. The van der Waals surface area contributed by atoms with Gasteiger partial charge >= 0.3 is 5.97 Å². The number of nitrogens with one attached hydrogen (secondary N) is 1. The zero-order valence-corrected chi connectivity index (χ0v) is 20.9. The highest BCUT2D eigenvalue weighted by Gasteiger charge is 2.23. The number of ether oxygens (including phenoxy) is 2. The number of carbonyl (C=O) groups excluding carboxylic acids is 1. The van der Waals surface area contributed by atoms with E-state index in [0.717, 1.165) is 16.7 Å². The molecule has 0 aliphatic heterocycles. The van der Waals surface area contributed by atoms with Crippen LogP contribution < -0.4 is 9.46 Å². The maximum atomic E-state index is 13.6. The maximum Gasteiger partial charge on any atom is 0.340 e. The molecule has 0 atom stereocenters. The molecule has 0 fully saturated rings. The van der Waals surface area contributed by atoms with Crippen LogP contribution in [0.1, 0.15) is 32.6 Å². The minimum absolute atomic E-state index is 0.0828. The number of methoxy groups -OCH3 is 1. The van der Waals surface area contributed by atoms with Gasteiger partial charge in [-0.2, -0.15) is 0 Å². The number of hydrogen-bond donors (Lipinski definition) is 1. The Bertz CT molecular complexity index is 1450. The molecule has 0 aliphatic rings. The van der Waals surface area contributed by atoms with Crippen LogP contribution in [0.2, 0.25) is 0 Å². The summed E-state index contributed by atoms with van der Waals surface area (Å²) in [6.07, 6.45) is 0.397. The van der Waals surface area contributed by atoms with Gasteiger partial charge in [0.25, 0.3) is 10.0 Å². The van der Waals surface area contributed by atoms with Crippen molar-refractivity contribution in [2.75, 3.05) is 11.8 Å². The summed E-state index contributed by atoms with van der Waals surface area (Å²) < 4.78 is 40.6. The van der Waals surface area contributed by atoms with Gasteiger partial charge in [-0.05, 0) is 65.9 Å². The molecular formula is C29H27NO5S. The van der Waals surface area contributed by atoms with Gasteiger partial charge < -0.3 is 9.47 Å². The molecule has 0 spiro atoms. The second kappa shape index (κ2) is 11.1. The summed E-state index contributed by atoms with van der Waals surface area (Å²) in [5.74, 6) is -0.0589. The molecule has 4 rings (SSSR count). The molecule has 0 aromatic heterocycles. The van der Waals surface area contributed by atoms with Crippen LogP contribution in [0, 0.1) is 6.92 Å². The number of anilines is 1. The fourth-order valence-corrected chi connectivity index (χ4v) is 5.11. The van der Waals surface area contributed by atoms with Gasteiger partial charge in [-0.3, -0.25) is 4.72 Å². The van der Waals surface area contributed by atoms with Crippen LogP contribution in [0.3, 0.4) is 0 Å². The molecule has 0 amide bonds. The molecule has 4 aromatic rings. The summed E-state index contributed by atoms with van der Waals surface area (Å²) in [4.78, 5) is 13.0. The second-order valence-corrected chi connectivity index (χ2v) is 10.0. The Hall–Kier alpha value is -4.10. The molecule has 1 N–H and O–H groups in total. The topological polar surface area (TPSA) is 81.7 Å². The monoisotopic (exact) mass is 501 g/mol. The molecule has 0 saturated carbocycles. The van der Waals surface area contributed by atoms with Crippen molar-refractivity contribution in [1.82, 2.24) is 0 Å². The van der Waals surface area contributed by atoms with Crippen LogP contribution in [0.25, 0.3) is 0 Å². The van der Waals surface area contributed by atoms with Gasteiger partial charge in [-0.1, -0.05) is 66.7 Å². The van der Waals surface area contributed by atoms with E-state index >= 15 is 0 Å². The standard InChI is InChI=1S/C29H27NO5S/c1-21-13-15-26(29(31)35-20-23-11-7-4-8-12-23)27(17-21)30-36(32,33)28-16-14-25(34-2)19-24(28)18-22-9-5-3-6-10-22/h3-17,19,30H,18,20H2,1-2H3. The molecule has 0 saturated heterocycles. The predicted molar refractivity (Wildman–Crippen MR) is 140 cm³/mol. The van der Waals surface area contributed by atoms with Gasteiger partial charge in [-0.15, -0.1) is 0 Å². The van der Waals surface area contributed by atoms with E-state index in [1.807, 2.05) is 67.6 Å². The number of esters is 1. The fourth-order valence-electron chi connectivity index (χ4n) is 3.82. The van der Waals surface area contributed by atoms with Crippen LogP contribution in [-0.4, -0.2) is 21.5 Å². The predicted octanol–water partition coefficient (Wildman–Crippen LogP) is 5.75. The Morgan fingerprint density at radius 2 is 1.50 bits per heavy atom. The van der Waals surface area contributed by atoms with E-state index in [1.54, 1.807) is 30.3 Å². The largest absolute Gasteiger partial charge is 0.497 e. The Balaban J connectivity index is 1.64. The highest BCUT2D eigenvalue weighted by atomic mass is 32.2. The van der Waals surface area contributed by atoms with E-state index in [0.29, 0.717) is 17.7 Å². The summed E-state index contributed by atoms with van der Waals surface area (Å²) in [7, 11) is -2.51. The molecule has 0 aliphatic carbocycles. The van der Waals surface area contributed by atoms with Crippen LogP contribution in [0.5, 0.6) is 5.75 Å². The molecule has 6 nitrogen and oxygen atoms in total. The van der Waals surface area contributed by atoms with E-state index in [4.69, 9.17) is 9.47 Å². The molecule has 0 radical (unpaired) electrons. The molecule has 0 heterocycles. The highest BCUT2D eigenvalue weighted by molar-refractivity contribution is 7.92. The first-order valence-electron chi connectivity index (χ1n) is 11.4. The van der Waals surface area contributed by atoms with E-state index < -0.39 is 16.0 Å². The van der Waals surface area contributed by atoms with Crippen molar-refractivity contribution in [3.63, 3.8) is 0 Å². The lowest BCUT2D eigenvalue weighted by atomic mass is 10.0. The molecular weight excluding hydrogens is 474 g/mol.